The molecule has 0 radical (unpaired) electrons. The number of carbonyl (C=O) groups excluding carboxylic acids is 1. The van der Waals surface area contributed by atoms with Gasteiger partial charge in [-0.15, -0.1) is 11.8 Å². The minimum Gasteiger partial charge on any atom is -0.308 e. The molecule has 0 saturated heterocycles. The number of nitrogens with zero attached hydrogens (tertiary/aromatic N) is 3. The molecule has 1 aliphatic heterocycles. The van der Waals surface area contributed by atoms with Crippen molar-refractivity contribution in [1.29, 1.82) is 0 Å². The molecule has 0 unspecified atom stereocenters. The molecule has 5 nitrogen and oxygen atoms in total. The van der Waals surface area contributed by atoms with Crippen LogP contribution in [0.5, 0.6) is 0 Å². The highest BCUT2D eigenvalue weighted by Gasteiger charge is 2.29. The van der Waals surface area contributed by atoms with Gasteiger partial charge >= 0.3 is 0 Å². The summed E-state index contributed by atoms with van der Waals surface area (Å²) in [7, 11) is 0. The van der Waals surface area contributed by atoms with Gasteiger partial charge in [-0.2, -0.15) is 0 Å². The van der Waals surface area contributed by atoms with Gasteiger partial charge in [-0.25, -0.2) is 4.98 Å². The Balaban J connectivity index is 1.89. The molecule has 0 saturated carbocycles. The lowest BCUT2D eigenvalue weighted by atomic mass is 10.1. The van der Waals surface area contributed by atoms with Crippen LogP contribution >= 0.6 is 11.8 Å². The molecule has 3 heterocycles. The smallest absolute Gasteiger partial charge is 0.235 e. The minimum atomic E-state index is -0.0269. The van der Waals surface area contributed by atoms with E-state index in [4.69, 9.17) is 0 Å². The summed E-state index contributed by atoms with van der Waals surface area (Å²) >= 11 is 1.59. The average molecular weight is 322 g/mol. The van der Waals surface area contributed by atoms with E-state index >= 15 is 0 Å². The third-order valence-electron chi connectivity index (χ3n) is 3.71. The fourth-order valence-electron chi connectivity index (χ4n) is 2.69. The van der Waals surface area contributed by atoms with Crippen molar-refractivity contribution in [3.8, 4) is 5.69 Å². The van der Waals surface area contributed by atoms with Gasteiger partial charge in [0.2, 0.25) is 5.91 Å². The van der Waals surface area contributed by atoms with Gasteiger partial charge in [-0.05, 0) is 23.8 Å². The van der Waals surface area contributed by atoms with Gasteiger partial charge in [0.05, 0.1) is 16.7 Å². The highest BCUT2D eigenvalue weighted by atomic mass is 32.2. The summed E-state index contributed by atoms with van der Waals surface area (Å²) in [4.78, 5) is 20.6. The van der Waals surface area contributed by atoms with E-state index in [-0.39, 0.29) is 11.2 Å². The van der Waals surface area contributed by atoms with Crippen molar-refractivity contribution in [2.75, 3.05) is 11.1 Å². The van der Waals surface area contributed by atoms with Crippen molar-refractivity contribution in [3.63, 3.8) is 0 Å². The normalized spacial score (nSPS) is 17.2. The summed E-state index contributed by atoms with van der Waals surface area (Å²) in [6.45, 7) is 0. The van der Waals surface area contributed by atoms with Crippen molar-refractivity contribution in [3.05, 3.63) is 72.4 Å². The lowest BCUT2D eigenvalue weighted by Gasteiger charge is -2.17. The number of hydrogen-bond acceptors (Lipinski definition) is 4. The van der Waals surface area contributed by atoms with E-state index in [0.29, 0.717) is 11.6 Å². The average Bonchev–Trinajstić information content (AvgIpc) is 2.93. The van der Waals surface area contributed by atoms with Crippen LogP contribution in [0, 0.1) is 0 Å². The van der Waals surface area contributed by atoms with Crippen molar-refractivity contribution in [2.24, 2.45) is 0 Å². The topological polar surface area (TPSA) is 59.8 Å². The van der Waals surface area contributed by atoms with Crippen molar-refractivity contribution in [2.45, 2.75) is 5.25 Å². The van der Waals surface area contributed by atoms with Crippen LogP contribution in [0.3, 0.4) is 0 Å². The van der Waals surface area contributed by atoms with Crippen molar-refractivity contribution >= 4 is 23.5 Å². The van der Waals surface area contributed by atoms with Crippen LogP contribution in [0.4, 0.5) is 5.82 Å². The molecule has 1 amide bonds. The fourth-order valence-corrected chi connectivity index (χ4v) is 3.80. The van der Waals surface area contributed by atoms with Crippen LogP contribution < -0.4 is 5.32 Å². The molecule has 4 rings (SSSR count). The molecular weight excluding hydrogens is 308 g/mol. The number of thioether (sulfide) groups is 1. The Morgan fingerprint density at radius 3 is 2.83 bits per heavy atom. The largest absolute Gasteiger partial charge is 0.308 e. The van der Waals surface area contributed by atoms with E-state index in [1.54, 1.807) is 24.3 Å². The molecule has 6 heteroatoms. The highest BCUT2D eigenvalue weighted by molar-refractivity contribution is 8.00. The van der Waals surface area contributed by atoms with Crippen LogP contribution in [0.25, 0.3) is 5.69 Å². The third-order valence-corrected chi connectivity index (χ3v) is 4.97. The highest BCUT2D eigenvalue weighted by Crippen LogP contribution is 2.41. The van der Waals surface area contributed by atoms with Gasteiger partial charge in [0.15, 0.2) is 5.82 Å². The predicted octanol–water partition coefficient (Wildman–Crippen LogP) is 3.04. The van der Waals surface area contributed by atoms with Crippen molar-refractivity contribution < 1.29 is 4.79 Å². The van der Waals surface area contributed by atoms with E-state index in [0.717, 1.165) is 16.9 Å². The predicted molar refractivity (Wildman–Crippen MR) is 90.7 cm³/mol. The molecule has 23 heavy (non-hydrogen) atoms. The molecule has 2 aromatic heterocycles. The fraction of sp³-hybridized carbons (Fsp3) is 0.118. The second kappa shape index (κ2) is 5.89. The van der Waals surface area contributed by atoms with Crippen LogP contribution in [-0.2, 0) is 4.79 Å². The number of para-hydroxylation sites is 1. The van der Waals surface area contributed by atoms with E-state index in [1.165, 1.54) is 0 Å². The van der Waals surface area contributed by atoms with Gasteiger partial charge in [-0.3, -0.25) is 14.3 Å². The molecule has 0 bridgehead atoms. The Hall–Kier alpha value is -2.60. The van der Waals surface area contributed by atoms with Crippen LogP contribution in [0.2, 0.25) is 0 Å². The molecule has 0 fully saturated rings. The van der Waals surface area contributed by atoms with Crippen LogP contribution in [0.1, 0.15) is 16.5 Å². The van der Waals surface area contributed by atoms with Crippen LogP contribution in [-0.4, -0.2) is 26.2 Å². The lowest BCUT2D eigenvalue weighted by molar-refractivity contribution is -0.113. The van der Waals surface area contributed by atoms with E-state index in [2.05, 4.69) is 15.3 Å². The van der Waals surface area contributed by atoms with Gasteiger partial charge in [0.1, 0.15) is 6.33 Å². The maximum atomic E-state index is 12.0. The molecule has 114 valence electrons. The standard InChI is InChI=1S/C17H14N4OS/c22-14-10-23-16(12-5-4-8-18-9-12)15-17(20-14)19-11-21(15)13-6-2-1-3-7-13/h1-9,11,16H,10H2,(H,20,22)/t16-/m1/s1. The van der Waals surface area contributed by atoms with Gasteiger partial charge in [0, 0.05) is 18.1 Å². The number of rotatable bonds is 2. The van der Waals surface area contributed by atoms with Gasteiger partial charge in [0.25, 0.3) is 0 Å². The number of nitrogens with one attached hydrogen (secondary N) is 1. The molecule has 1 atom stereocenters. The molecule has 1 aliphatic rings. The number of imidazole rings is 1. The first-order valence-electron chi connectivity index (χ1n) is 7.27. The van der Waals surface area contributed by atoms with E-state index in [1.807, 2.05) is 53.2 Å². The first-order valence-corrected chi connectivity index (χ1v) is 8.32. The Labute approximate surface area is 137 Å². The molecule has 3 aromatic rings. The summed E-state index contributed by atoms with van der Waals surface area (Å²) in [6.07, 6.45) is 5.36. The third kappa shape index (κ3) is 2.61. The SMILES string of the molecule is O=C1CS[C@H](c2cccnc2)c2c(ncn2-c2ccccc2)N1. The maximum absolute atomic E-state index is 12.0. The van der Waals surface area contributed by atoms with Gasteiger partial charge in [-0.1, -0.05) is 24.3 Å². The molecule has 1 N–H and O–H groups in total. The monoisotopic (exact) mass is 322 g/mol. The molecule has 0 aliphatic carbocycles. The number of hydrogen-bond donors (Lipinski definition) is 1. The summed E-state index contributed by atoms with van der Waals surface area (Å²) < 4.78 is 2.03. The van der Waals surface area contributed by atoms with Crippen LogP contribution in [0.15, 0.2) is 61.2 Å². The number of fused-ring (bicyclic) bond motifs is 1. The Bertz CT molecular complexity index is 832. The second-order valence-electron chi connectivity index (χ2n) is 5.21. The van der Waals surface area contributed by atoms with E-state index in [9.17, 15) is 4.79 Å². The second-order valence-corrected chi connectivity index (χ2v) is 6.30. The van der Waals surface area contributed by atoms with Crippen molar-refractivity contribution in [1.82, 2.24) is 14.5 Å². The van der Waals surface area contributed by atoms with E-state index < -0.39 is 0 Å². The minimum absolute atomic E-state index is 0.000330. The zero-order valence-corrected chi connectivity index (χ0v) is 13.0. The molecule has 0 spiro atoms. The maximum Gasteiger partial charge on any atom is 0.235 e. The lowest BCUT2D eigenvalue weighted by Crippen LogP contribution is -2.12. The zero-order chi connectivity index (χ0) is 15.6. The number of anilines is 1. The molecular formula is C17H14N4OS. The Morgan fingerprint density at radius 2 is 2.04 bits per heavy atom. The quantitative estimate of drug-likeness (QED) is 0.788. The number of pyridine rings is 1. The summed E-state index contributed by atoms with van der Waals surface area (Å²) in [5, 5.41) is 2.90. The molecule has 1 aromatic carbocycles. The Kier molecular flexibility index (Phi) is 3.59. The Morgan fingerprint density at radius 1 is 1.17 bits per heavy atom. The first kappa shape index (κ1) is 14.0. The number of benzene rings is 1. The summed E-state index contributed by atoms with van der Waals surface area (Å²) in [5.41, 5.74) is 3.06. The number of amides is 1. The van der Waals surface area contributed by atoms with Gasteiger partial charge < -0.3 is 5.32 Å². The number of aromatic nitrogens is 3. The summed E-state index contributed by atoms with van der Waals surface area (Å²) in [6, 6.07) is 14.0. The summed E-state index contributed by atoms with van der Waals surface area (Å²) in [5.74, 6) is 0.990. The zero-order valence-electron chi connectivity index (χ0n) is 12.2. The first-order chi connectivity index (χ1) is 11.3. The number of carbonyl (C=O) groups is 1.